The highest BCUT2D eigenvalue weighted by Gasteiger charge is 2.52. The maximum atomic E-state index is 6.05. The highest BCUT2D eigenvalue weighted by molar-refractivity contribution is 6.61. The van der Waals surface area contributed by atoms with Crippen molar-refractivity contribution >= 4 is 18.5 Å². The molecule has 7 heteroatoms. The normalized spacial score (nSPS) is 21.3. The Hall–Kier alpha value is -1.96. The van der Waals surface area contributed by atoms with Crippen LogP contribution in [0.5, 0.6) is 0 Å². The Labute approximate surface area is 161 Å². The molecule has 2 fully saturated rings. The van der Waals surface area contributed by atoms with Gasteiger partial charge in [0.05, 0.1) is 23.9 Å². The summed E-state index contributed by atoms with van der Waals surface area (Å²) >= 11 is 0. The zero-order chi connectivity index (χ0) is 19.1. The molecule has 6 nitrogen and oxygen atoms in total. The standard InChI is InChI=1S/C20H26BN3O3/c1-19(2)20(3,4)27-21(26-19)16-10-22-18(23-11-16)24-12-17(13-24)25-14-15-8-6-5-7-9-15/h5-11,17H,12-14H2,1-4H3. The maximum Gasteiger partial charge on any atom is 0.498 e. The minimum Gasteiger partial charge on any atom is -0.399 e. The van der Waals surface area contributed by atoms with Crippen LogP contribution in [0.3, 0.4) is 0 Å². The fraction of sp³-hybridized carbons (Fsp3) is 0.500. The molecule has 3 heterocycles. The van der Waals surface area contributed by atoms with Gasteiger partial charge in [0.2, 0.25) is 5.95 Å². The number of rotatable bonds is 5. The van der Waals surface area contributed by atoms with Crippen LogP contribution in [0.25, 0.3) is 0 Å². The van der Waals surface area contributed by atoms with E-state index in [1.807, 2.05) is 45.9 Å². The van der Waals surface area contributed by atoms with Gasteiger partial charge in [-0.25, -0.2) is 9.97 Å². The van der Waals surface area contributed by atoms with Gasteiger partial charge in [0, 0.05) is 30.9 Å². The number of hydrogen-bond donors (Lipinski definition) is 0. The third kappa shape index (κ3) is 3.72. The Kier molecular flexibility index (Phi) is 4.70. The van der Waals surface area contributed by atoms with Crippen LogP contribution in [0.2, 0.25) is 0 Å². The molecule has 0 unspecified atom stereocenters. The second kappa shape index (κ2) is 6.89. The molecule has 0 aliphatic carbocycles. The molecule has 1 aromatic heterocycles. The van der Waals surface area contributed by atoms with E-state index in [0.29, 0.717) is 6.61 Å². The zero-order valence-corrected chi connectivity index (χ0v) is 16.4. The summed E-state index contributed by atoms with van der Waals surface area (Å²) in [5, 5.41) is 0. The molecule has 0 bridgehead atoms. The first-order chi connectivity index (χ1) is 12.8. The molecule has 0 radical (unpaired) electrons. The van der Waals surface area contributed by atoms with Crippen LogP contribution in [0.15, 0.2) is 42.7 Å². The molecule has 27 heavy (non-hydrogen) atoms. The molecule has 2 aliphatic rings. The van der Waals surface area contributed by atoms with E-state index in [0.717, 1.165) is 24.5 Å². The first-order valence-corrected chi connectivity index (χ1v) is 9.42. The summed E-state index contributed by atoms with van der Waals surface area (Å²) in [7, 11) is -0.428. The van der Waals surface area contributed by atoms with Crippen molar-refractivity contribution in [3.8, 4) is 0 Å². The number of hydrogen-bond acceptors (Lipinski definition) is 6. The van der Waals surface area contributed by atoms with E-state index in [1.165, 1.54) is 5.56 Å². The predicted octanol–water partition coefficient (Wildman–Crippen LogP) is 2.18. The predicted molar refractivity (Wildman–Crippen MR) is 105 cm³/mol. The molecule has 0 amide bonds. The van der Waals surface area contributed by atoms with Gasteiger partial charge < -0.3 is 18.9 Å². The largest absolute Gasteiger partial charge is 0.498 e. The van der Waals surface area contributed by atoms with Gasteiger partial charge in [-0.3, -0.25) is 0 Å². The third-order valence-electron chi connectivity index (χ3n) is 5.64. The van der Waals surface area contributed by atoms with Gasteiger partial charge in [-0.2, -0.15) is 0 Å². The van der Waals surface area contributed by atoms with Gasteiger partial charge in [-0.15, -0.1) is 0 Å². The van der Waals surface area contributed by atoms with Crippen LogP contribution in [-0.2, 0) is 20.7 Å². The number of benzene rings is 1. The molecule has 0 spiro atoms. The molecular formula is C20H26BN3O3. The van der Waals surface area contributed by atoms with E-state index in [1.54, 1.807) is 12.4 Å². The van der Waals surface area contributed by atoms with Crippen LogP contribution in [0, 0.1) is 0 Å². The molecule has 4 rings (SSSR count). The summed E-state index contributed by atoms with van der Waals surface area (Å²) in [5.41, 5.74) is 1.31. The Morgan fingerprint density at radius 2 is 1.63 bits per heavy atom. The molecule has 0 N–H and O–H groups in total. The number of anilines is 1. The lowest BCUT2D eigenvalue weighted by molar-refractivity contribution is 0.00578. The van der Waals surface area contributed by atoms with Crippen LogP contribution in [0.4, 0.5) is 5.95 Å². The molecule has 0 atom stereocenters. The Bertz CT molecular complexity index is 761. The summed E-state index contributed by atoms with van der Waals surface area (Å²) in [5.74, 6) is 0.717. The van der Waals surface area contributed by atoms with Gasteiger partial charge >= 0.3 is 7.12 Å². The molecule has 2 saturated heterocycles. The van der Waals surface area contributed by atoms with Crippen LogP contribution in [0.1, 0.15) is 33.3 Å². The van der Waals surface area contributed by atoms with E-state index >= 15 is 0 Å². The zero-order valence-electron chi connectivity index (χ0n) is 16.4. The van der Waals surface area contributed by atoms with Gasteiger partial charge in [-0.1, -0.05) is 30.3 Å². The lowest BCUT2D eigenvalue weighted by Gasteiger charge is -2.38. The lowest BCUT2D eigenvalue weighted by Crippen LogP contribution is -2.53. The lowest BCUT2D eigenvalue weighted by atomic mass is 9.81. The molecule has 1 aromatic carbocycles. The number of aromatic nitrogens is 2. The van der Waals surface area contributed by atoms with Crippen LogP contribution >= 0.6 is 0 Å². The van der Waals surface area contributed by atoms with Gasteiger partial charge in [0.25, 0.3) is 0 Å². The van der Waals surface area contributed by atoms with Gasteiger partial charge in [0.1, 0.15) is 0 Å². The van der Waals surface area contributed by atoms with E-state index < -0.39 is 7.12 Å². The van der Waals surface area contributed by atoms with Gasteiger partial charge in [-0.05, 0) is 33.3 Å². The summed E-state index contributed by atoms with van der Waals surface area (Å²) in [4.78, 5) is 11.1. The average Bonchev–Trinajstić information content (AvgIpc) is 2.83. The Morgan fingerprint density at radius 1 is 1.04 bits per heavy atom. The highest BCUT2D eigenvalue weighted by Crippen LogP contribution is 2.36. The fourth-order valence-corrected chi connectivity index (χ4v) is 3.09. The summed E-state index contributed by atoms with van der Waals surface area (Å²) in [6.07, 6.45) is 3.81. The first-order valence-electron chi connectivity index (χ1n) is 9.42. The topological polar surface area (TPSA) is 56.7 Å². The summed E-state index contributed by atoms with van der Waals surface area (Å²) in [6, 6.07) is 10.2. The molecule has 2 aliphatic heterocycles. The summed E-state index contributed by atoms with van der Waals surface area (Å²) in [6.45, 7) is 10.4. The Morgan fingerprint density at radius 3 is 2.22 bits per heavy atom. The van der Waals surface area contributed by atoms with Gasteiger partial charge in [0.15, 0.2) is 0 Å². The van der Waals surface area contributed by atoms with E-state index in [-0.39, 0.29) is 17.3 Å². The second-order valence-electron chi connectivity index (χ2n) is 8.23. The second-order valence-corrected chi connectivity index (χ2v) is 8.23. The van der Waals surface area contributed by atoms with Crippen molar-refractivity contribution in [1.82, 2.24) is 9.97 Å². The van der Waals surface area contributed by atoms with Crippen molar-refractivity contribution in [2.24, 2.45) is 0 Å². The van der Waals surface area contributed by atoms with E-state index in [2.05, 4.69) is 27.0 Å². The first kappa shape index (κ1) is 18.4. The van der Waals surface area contributed by atoms with E-state index in [9.17, 15) is 0 Å². The van der Waals surface area contributed by atoms with Crippen LogP contribution in [-0.4, -0.2) is 47.5 Å². The van der Waals surface area contributed by atoms with Crippen molar-refractivity contribution < 1.29 is 14.0 Å². The highest BCUT2D eigenvalue weighted by atomic mass is 16.7. The molecular weight excluding hydrogens is 341 g/mol. The van der Waals surface area contributed by atoms with Crippen molar-refractivity contribution in [3.63, 3.8) is 0 Å². The van der Waals surface area contributed by atoms with E-state index in [4.69, 9.17) is 14.0 Å². The maximum absolute atomic E-state index is 6.05. The Balaban J connectivity index is 1.29. The van der Waals surface area contributed by atoms with Crippen molar-refractivity contribution in [2.75, 3.05) is 18.0 Å². The third-order valence-corrected chi connectivity index (χ3v) is 5.64. The molecule has 142 valence electrons. The fourth-order valence-electron chi connectivity index (χ4n) is 3.09. The SMILES string of the molecule is CC1(C)OB(c2cnc(N3CC(OCc4ccccc4)C3)nc2)OC1(C)C. The van der Waals surface area contributed by atoms with Crippen LogP contribution < -0.4 is 10.4 Å². The molecule has 2 aromatic rings. The minimum absolute atomic E-state index is 0.219. The quantitative estimate of drug-likeness (QED) is 0.756. The minimum atomic E-state index is -0.428. The monoisotopic (exact) mass is 367 g/mol. The van der Waals surface area contributed by atoms with Crippen molar-refractivity contribution in [1.29, 1.82) is 0 Å². The number of nitrogens with zero attached hydrogens (tertiary/aromatic N) is 3. The smallest absolute Gasteiger partial charge is 0.399 e. The van der Waals surface area contributed by atoms with Crippen molar-refractivity contribution in [3.05, 3.63) is 48.3 Å². The molecule has 0 saturated carbocycles. The average molecular weight is 367 g/mol. The number of ether oxygens (including phenoxy) is 1. The summed E-state index contributed by atoms with van der Waals surface area (Å²) < 4.78 is 18.0. The van der Waals surface area contributed by atoms with Crippen molar-refractivity contribution in [2.45, 2.75) is 51.6 Å².